The summed E-state index contributed by atoms with van der Waals surface area (Å²) < 4.78 is 0.894. The van der Waals surface area contributed by atoms with Crippen molar-refractivity contribution in [2.75, 3.05) is 11.1 Å². The molecule has 0 aromatic heterocycles. The van der Waals surface area contributed by atoms with E-state index in [-0.39, 0.29) is 5.69 Å². The van der Waals surface area contributed by atoms with Crippen LogP contribution in [0.5, 0.6) is 0 Å². The molecule has 0 saturated carbocycles. The average Bonchev–Trinajstić information content (AvgIpc) is 2.31. The third-order valence-corrected chi connectivity index (χ3v) is 2.82. The fourth-order valence-corrected chi connectivity index (χ4v) is 1.93. The Morgan fingerprint density at radius 3 is 2.67 bits per heavy atom. The first kappa shape index (κ1) is 12.4. The minimum absolute atomic E-state index is 0.0463. The molecule has 0 bridgehead atoms. The lowest BCUT2D eigenvalue weighted by Gasteiger charge is -2.07. The summed E-state index contributed by atoms with van der Waals surface area (Å²) in [6.07, 6.45) is 0. The van der Waals surface area contributed by atoms with Crippen molar-refractivity contribution in [3.8, 4) is 0 Å². The Morgan fingerprint density at radius 2 is 2.00 bits per heavy atom. The van der Waals surface area contributed by atoms with Gasteiger partial charge in [0.25, 0.3) is 5.69 Å². The van der Waals surface area contributed by atoms with Gasteiger partial charge in [0.1, 0.15) is 5.69 Å². The predicted octanol–water partition coefficient (Wildman–Crippen LogP) is 3.68. The van der Waals surface area contributed by atoms with Gasteiger partial charge in [-0.15, -0.1) is 0 Å². The number of anilines is 3. The summed E-state index contributed by atoms with van der Waals surface area (Å²) >= 11 is 3.34. The number of hydrogen-bond acceptors (Lipinski definition) is 4. The monoisotopic (exact) mass is 307 g/mol. The molecule has 0 unspecified atom stereocenters. The first-order valence-electron chi connectivity index (χ1n) is 5.13. The van der Waals surface area contributed by atoms with E-state index >= 15 is 0 Å². The lowest BCUT2D eigenvalue weighted by atomic mass is 10.2. The number of rotatable bonds is 3. The second kappa shape index (κ2) is 5.05. The van der Waals surface area contributed by atoms with Gasteiger partial charge in [-0.1, -0.05) is 22.0 Å². The highest BCUT2D eigenvalue weighted by Gasteiger charge is 2.13. The summed E-state index contributed by atoms with van der Waals surface area (Å²) in [6.45, 7) is 0. The topological polar surface area (TPSA) is 81.2 Å². The maximum absolute atomic E-state index is 10.9. The van der Waals surface area contributed by atoms with Crippen LogP contribution in [0.3, 0.4) is 0 Å². The molecule has 18 heavy (non-hydrogen) atoms. The standard InChI is InChI=1S/C12H10BrN3O2/c13-8-2-1-3-10(6-8)15-11-5-4-9(14)7-12(11)16(17)18/h1-7,15H,14H2. The van der Waals surface area contributed by atoms with E-state index in [0.717, 1.165) is 10.2 Å². The van der Waals surface area contributed by atoms with Gasteiger partial charge in [-0.05, 0) is 30.3 Å². The lowest BCUT2D eigenvalue weighted by Crippen LogP contribution is -1.98. The zero-order valence-corrected chi connectivity index (χ0v) is 10.8. The molecule has 2 rings (SSSR count). The number of nitrogen functional groups attached to an aromatic ring is 1. The van der Waals surface area contributed by atoms with Gasteiger partial charge in [0, 0.05) is 21.9 Å². The second-order valence-corrected chi connectivity index (χ2v) is 4.58. The molecule has 0 spiro atoms. The maximum Gasteiger partial charge on any atom is 0.294 e. The Labute approximate surface area is 112 Å². The van der Waals surface area contributed by atoms with Crippen LogP contribution in [0.4, 0.5) is 22.7 Å². The highest BCUT2D eigenvalue weighted by Crippen LogP contribution is 2.30. The third kappa shape index (κ3) is 2.78. The lowest BCUT2D eigenvalue weighted by molar-refractivity contribution is -0.383. The van der Waals surface area contributed by atoms with Crippen molar-refractivity contribution >= 4 is 38.7 Å². The van der Waals surface area contributed by atoms with Crippen LogP contribution in [-0.2, 0) is 0 Å². The zero-order chi connectivity index (χ0) is 13.1. The van der Waals surface area contributed by atoms with Crippen molar-refractivity contribution in [2.24, 2.45) is 0 Å². The molecule has 0 aliphatic carbocycles. The number of nitrogens with two attached hydrogens (primary N) is 1. The molecule has 0 saturated heterocycles. The Balaban J connectivity index is 2.37. The number of nitro benzene ring substituents is 1. The van der Waals surface area contributed by atoms with Gasteiger partial charge in [-0.3, -0.25) is 10.1 Å². The van der Waals surface area contributed by atoms with E-state index in [1.165, 1.54) is 6.07 Å². The molecule has 0 atom stereocenters. The minimum Gasteiger partial charge on any atom is -0.399 e. The van der Waals surface area contributed by atoms with Crippen molar-refractivity contribution in [3.63, 3.8) is 0 Å². The number of hydrogen-bond donors (Lipinski definition) is 2. The van der Waals surface area contributed by atoms with Crippen LogP contribution in [0.25, 0.3) is 0 Å². The van der Waals surface area contributed by atoms with Gasteiger partial charge in [-0.25, -0.2) is 0 Å². The van der Waals surface area contributed by atoms with Crippen molar-refractivity contribution in [1.29, 1.82) is 0 Å². The van der Waals surface area contributed by atoms with Crippen LogP contribution < -0.4 is 11.1 Å². The highest BCUT2D eigenvalue weighted by atomic mass is 79.9. The zero-order valence-electron chi connectivity index (χ0n) is 9.26. The fourth-order valence-electron chi connectivity index (χ4n) is 1.53. The van der Waals surface area contributed by atoms with E-state index in [1.54, 1.807) is 12.1 Å². The molecular weight excluding hydrogens is 298 g/mol. The number of halogens is 1. The summed E-state index contributed by atoms with van der Waals surface area (Å²) in [5.74, 6) is 0. The van der Waals surface area contributed by atoms with Crippen molar-refractivity contribution in [2.45, 2.75) is 0 Å². The van der Waals surface area contributed by atoms with E-state index in [1.807, 2.05) is 24.3 Å². The summed E-state index contributed by atoms with van der Waals surface area (Å²) in [7, 11) is 0. The Bertz CT molecular complexity index is 602. The van der Waals surface area contributed by atoms with E-state index in [2.05, 4.69) is 21.2 Å². The van der Waals surface area contributed by atoms with E-state index < -0.39 is 4.92 Å². The smallest absolute Gasteiger partial charge is 0.294 e. The number of benzene rings is 2. The first-order chi connectivity index (χ1) is 8.56. The van der Waals surface area contributed by atoms with E-state index in [0.29, 0.717) is 11.4 Å². The van der Waals surface area contributed by atoms with Crippen LogP contribution in [0.1, 0.15) is 0 Å². The molecule has 6 heteroatoms. The molecule has 0 aliphatic rings. The molecule has 0 aliphatic heterocycles. The van der Waals surface area contributed by atoms with Gasteiger partial charge in [0.2, 0.25) is 0 Å². The number of nitro groups is 1. The fraction of sp³-hybridized carbons (Fsp3) is 0. The average molecular weight is 308 g/mol. The normalized spacial score (nSPS) is 10.1. The Hall–Kier alpha value is -2.08. The molecule has 3 N–H and O–H groups in total. The molecule has 0 fully saturated rings. The van der Waals surface area contributed by atoms with Crippen molar-refractivity contribution < 1.29 is 4.92 Å². The summed E-state index contributed by atoms with van der Waals surface area (Å²) in [5, 5.41) is 13.9. The van der Waals surface area contributed by atoms with Crippen LogP contribution in [0.2, 0.25) is 0 Å². The summed E-state index contributed by atoms with van der Waals surface area (Å²) in [6, 6.07) is 11.9. The summed E-state index contributed by atoms with van der Waals surface area (Å²) in [5.41, 5.74) is 7.03. The molecular formula is C12H10BrN3O2. The highest BCUT2D eigenvalue weighted by molar-refractivity contribution is 9.10. The van der Waals surface area contributed by atoms with E-state index in [9.17, 15) is 10.1 Å². The first-order valence-corrected chi connectivity index (χ1v) is 5.92. The molecule has 2 aromatic rings. The van der Waals surface area contributed by atoms with Gasteiger partial charge in [0.15, 0.2) is 0 Å². The molecule has 2 aromatic carbocycles. The van der Waals surface area contributed by atoms with Gasteiger partial charge in [0.05, 0.1) is 4.92 Å². The minimum atomic E-state index is -0.462. The number of nitrogens with zero attached hydrogens (tertiary/aromatic N) is 1. The summed E-state index contributed by atoms with van der Waals surface area (Å²) in [4.78, 5) is 10.5. The van der Waals surface area contributed by atoms with Crippen LogP contribution in [0, 0.1) is 10.1 Å². The van der Waals surface area contributed by atoms with Crippen LogP contribution in [0.15, 0.2) is 46.9 Å². The van der Waals surface area contributed by atoms with Crippen LogP contribution >= 0.6 is 15.9 Å². The quantitative estimate of drug-likeness (QED) is 0.515. The molecule has 0 amide bonds. The number of nitrogens with one attached hydrogen (secondary N) is 1. The predicted molar refractivity (Wildman–Crippen MR) is 74.9 cm³/mol. The maximum atomic E-state index is 10.9. The molecule has 5 nitrogen and oxygen atoms in total. The largest absolute Gasteiger partial charge is 0.399 e. The van der Waals surface area contributed by atoms with Gasteiger partial charge in [-0.2, -0.15) is 0 Å². The van der Waals surface area contributed by atoms with Crippen molar-refractivity contribution in [3.05, 3.63) is 57.1 Å². The molecule has 0 radical (unpaired) electrons. The third-order valence-electron chi connectivity index (χ3n) is 2.32. The Morgan fingerprint density at radius 1 is 1.22 bits per heavy atom. The molecule has 0 heterocycles. The van der Waals surface area contributed by atoms with Gasteiger partial charge >= 0.3 is 0 Å². The SMILES string of the molecule is Nc1ccc(Nc2cccc(Br)c2)c([N+](=O)[O-])c1. The molecule has 92 valence electrons. The second-order valence-electron chi connectivity index (χ2n) is 3.67. The van der Waals surface area contributed by atoms with Crippen molar-refractivity contribution in [1.82, 2.24) is 0 Å². The van der Waals surface area contributed by atoms with Crippen LogP contribution in [-0.4, -0.2) is 4.92 Å². The Kier molecular flexibility index (Phi) is 3.47. The van der Waals surface area contributed by atoms with E-state index in [4.69, 9.17) is 5.73 Å². The van der Waals surface area contributed by atoms with Gasteiger partial charge < -0.3 is 11.1 Å².